The lowest BCUT2D eigenvalue weighted by molar-refractivity contribution is 0.419. The number of nitrogens with two attached hydrogens (primary N) is 1. The molecule has 0 fully saturated rings. The predicted octanol–water partition coefficient (Wildman–Crippen LogP) is 1.18. The van der Waals surface area contributed by atoms with Gasteiger partial charge in [-0.05, 0) is 0 Å². The zero-order valence-corrected chi connectivity index (χ0v) is 8.93. The summed E-state index contributed by atoms with van der Waals surface area (Å²) in [7, 11) is 1.76. The Morgan fingerprint density at radius 3 is 2.67 bits per heavy atom. The maximum Gasteiger partial charge on any atom is 0.263 e. The van der Waals surface area contributed by atoms with Crippen molar-refractivity contribution in [2.75, 3.05) is 5.73 Å². The zero-order chi connectivity index (χ0) is 11.0. The number of hydrogen-bond acceptors (Lipinski definition) is 5. The smallest absolute Gasteiger partial charge is 0.263 e. The van der Waals surface area contributed by atoms with Gasteiger partial charge < -0.3 is 10.3 Å². The van der Waals surface area contributed by atoms with Crippen molar-refractivity contribution in [2.24, 2.45) is 7.05 Å². The maximum absolute atomic E-state index is 5.79. The summed E-state index contributed by atoms with van der Waals surface area (Å²) in [6, 6.07) is 0. The molecule has 2 N–H and O–H groups in total. The number of hydrogen-bond donors (Lipinski definition) is 1. The third-order valence-corrected chi connectivity index (χ3v) is 2.17. The van der Waals surface area contributed by atoms with Crippen molar-refractivity contribution < 1.29 is 4.52 Å². The summed E-state index contributed by atoms with van der Waals surface area (Å²) in [5, 5.41) is 7.87. The number of rotatable bonds is 2. The topological polar surface area (TPSA) is 82.8 Å². The quantitative estimate of drug-likeness (QED) is 0.799. The van der Waals surface area contributed by atoms with E-state index in [4.69, 9.17) is 10.3 Å². The lowest BCUT2D eigenvalue weighted by atomic mass is 10.2. The van der Waals surface area contributed by atoms with Gasteiger partial charge in [-0.25, -0.2) is 0 Å². The fraction of sp³-hybridized carbons (Fsp3) is 0.444. The Morgan fingerprint density at radius 1 is 1.47 bits per heavy atom. The summed E-state index contributed by atoms with van der Waals surface area (Å²) < 4.78 is 6.68. The van der Waals surface area contributed by atoms with Crippen LogP contribution < -0.4 is 5.73 Å². The molecular formula is C9H13N5O. The lowest BCUT2D eigenvalue weighted by Crippen LogP contribution is -1.98. The number of aromatic nitrogens is 4. The summed E-state index contributed by atoms with van der Waals surface area (Å²) in [5.74, 6) is 1.85. The normalized spacial score (nSPS) is 11.2. The highest BCUT2D eigenvalue weighted by Crippen LogP contribution is 2.24. The van der Waals surface area contributed by atoms with Crippen molar-refractivity contribution >= 4 is 5.82 Å². The highest BCUT2D eigenvalue weighted by molar-refractivity contribution is 5.66. The van der Waals surface area contributed by atoms with E-state index in [9.17, 15) is 0 Å². The van der Waals surface area contributed by atoms with Gasteiger partial charge in [0.15, 0.2) is 5.82 Å². The second-order valence-corrected chi connectivity index (χ2v) is 3.68. The van der Waals surface area contributed by atoms with Crippen LogP contribution in [0.2, 0.25) is 0 Å². The fourth-order valence-electron chi connectivity index (χ4n) is 1.19. The molecule has 0 aromatic carbocycles. The Bertz CT molecular complexity index is 471. The monoisotopic (exact) mass is 207 g/mol. The molecule has 80 valence electrons. The molecule has 6 nitrogen and oxygen atoms in total. The number of nitrogen functional groups attached to an aromatic ring is 1. The molecule has 2 aromatic heterocycles. The Balaban J connectivity index is 2.41. The first-order chi connectivity index (χ1) is 7.09. The first-order valence-electron chi connectivity index (χ1n) is 4.71. The Labute approximate surface area is 87.1 Å². The first-order valence-corrected chi connectivity index (χ1v) is 4.71. The van der Waals surface area contributed by atoms with E-state index in [1.807, 2.05) is 13.8 Å². The summed E-state index contributed by atoms with van der Waals surface area (Å²) >= 11 is 0. The molecule has 0 aliphatic heterocycles. The van der Waals surface area contributed by atoms with E-state index in [2.05, 4.69) is 15.2 Å². The molecule has 0 radical (unpaired) electrons. The summed E-state index contributed by atoms with van der Waals surface area (Å²) in [4.78, 5) is 4.24. The average molecular weight is 207 g/mol. The largest absolute Gasteiger partial charge is 0.383 e. The molecular weight excluding hydrogens is 194 g/mol. The Morgan fingerprint density at radius 2 is 2.20 bits per heavy atom. The summed E-state index contributed by atoms with van der Waals surface area (Å²) in [6.45, 7) is 4.00. The van der Waals surface area contributed by atoms with Gasteiger partial charge in [0.1, 0.15) is 11.4 Å². The van der Waals surface area contributed by atoms with Crippen LogP contribution in [0.4, 0.5) is 5.82 Å². The van der Waals surface area contributed by atoms with Crippen LogP contribution in [0, 0.1) is 0 Å². The molecule has 15 heavy (non-hydrogen) atoms. The zero-order valence-electron chi connectivity index (χ0n) is 8.93. The minimum absolute atomic E-state index is 0.236. The molecule has 0 atom stereocenters. The average Bonchev–Trinajstić information content (AvgIpc) is 2.76. The standard InChI is InChI=1S/C9H13N5O/c1-5(2)8-12-9(15-13-8)6-4-11-14(3)7(6)10/h4-5H,10H2,1-3H3. The fourth-order valence-corrected chi connectivity index (χ4v) is 1.19. The van der Waals surface area contributed by atoms with Crippen molar-refractivity contribution in [3.05, 3.63) is 12.0 Å². The van der Waals surface area contributed by atoms with Crippen LogP contribution in [0.5, 0.6) is 0 Å². The van der Waals surface area contributed by atoms with Gasteiger partial charge in [0.2, 0.25) is 0 Å². The second-order valence-electron chi connectivity index (χ2n) is 3.68. The van der Waals surface area contributed by atoms with Crippen molar-refractivity contribution in [3.63, 3.8) is 0 Å². The van der Waals surface area contributed by atoms with Crippen LogP contribution in [0.3, 0.4) is 0 Å². The number of anilines is 1. The molecule has 0 saturated heterocycles. The van der Waals surface area contributed by atoms with Crippen LogP contribution in [0.1, 0.15) is 25.6 Å². The molecule has 2 heterocycles. The number of aryl methyl sites for hydroxylation is 1. The van der Waals surface area contributed by atoms with E-state index < -0.39 is 0 Å². The molecule has 6 heteroatoms. The highest BCUT2D eigenvalue weighted by atomic mass is 16.5. The molecule has 0 saturated carbocycles. The van der Waals surface area contributed by atoms with Gasteiger partial charge in [0.05, 0.1) is 6.20 Å². The van der Waals surface area contributed by atoms with Gasteiger partial charge in [-0.2, -0.15) is 10.1 Å². The van der Waals surface area contributed by atoms with Crippen LogP contribution in [-0.4, -0.2) is 19.9 Å². The minimum atomic E-state index is 0.236. The van der Waals surface area contributed by atoms with Crippen molar-refractivity contribution in [2.45, 2.75) is 19.8 Å². The van der Waals surface area contributed by atoms with Crippen LogP contribution in [0.15, 0.2) is 10.7 Å². The van der Waals surface area contributed by atoms with E-state index >= 15 is 0 Å². The predicted molar refractivity (Wildman–Crippen MR) is 55.0 cm³/mol. The summed E-state index contributed by atoms with van der Waals surface area (Å²) in [6.07, 6.45) is 1.62. The highest BCUT2D eigenvalue weighted by Gasteiger charge is 2.16. The van der Waals surface area contributed by atoms with E-state index in [-0.39, 0.29) is 5.92 Å². The molecule has 0 amide bonds. The van der Waals surface area contributed by atoms with Crippen LogP contribution in [0.25, 0.3) is 11.5 Å². The lowest BCUT2D eigenvalue weighted by Gasteiger charge is -1.94. The van der Waals surface area contributed by atoms with Crippen LogP contribution >= 0.6 is 0 Å². The van der Waals surface area contributed by atoms with E-state index in [1.54, 1.807) is 17.9 Å². The van der Waals surface area contributed by atoms with E-state index in [0.29, 0.717) is 23.1 Å². The van der Waals surface area contributed by atoms with Crippen LogP contribution in [-0.2, 0) is 7.05 Å². The van der Waals surface area contributed by atoms with Gasteiger partial charge in [-0.3, -0.25) is 4.68 Å². The Kier molecular flexibility index (Phi) is 2.18. The van der Waals surface area contributed by atoms with Crippen molar-refractivity contribution in [1.29, 1.82) is 0 Å². The SMILES string of the molecule is CC(C)c1noc(-c2cnn(C)c2N)n1. The molecule has 0 aliphatic carbocycles. The van der Waals surface area contributed by atoms with Gasteiger partial charge >= 0.3 is 0 Å². The molecule has 2 aromatic rings. The summed E-state index contributed by atoms with van der Waals surface area (Å²) in [5.41, 5.74) is 6.47. The van der Waals surface area contributed by atoms with Gasteiger partial charge in [-0.15, -0.1) is 0 Å². The third kappa shape index (κ3) is 1.58. The van der Waals surface area contributed by atoms with Crippen molar-refractivity contribution in [1.82, 2.24) is 19.9 Å². The van der Waals surface area contributed by atoms with E-state index in [0.717, 1.165) is 0 Å². The molecule has 0 aliphatic rings. The van der Waals surface area contributed by atoms with E-state index in [1.165, 1.54) is 0 Å². The first kappa shape index (κ1) is 9.70. The maximum atomic E-state index is 5.79. The van der Waals surface area contributed by atoms with Gasteiger partial charge in [0.25, 0.3) is 5.89 Å². The van der Waals surface area contributed by atoms with Gasteiger partial charge in [0, 0.05) is 13.0 Å². The molecule has 0 bridgehead atoms. The van der Waals surface area contributed by atoms with Gasteiger partial charge in [-0.1, -0.05) is 19.0 Å². The Hall–Kier alpha value is -1.85. The second kappa shape index (κ2) is 3.38. The number of nitrogens with zero attached hydrogens (tertiary/aromatic N) is 4. The van der Waals surface area contributed by atoms with Crippen molar-refractivity contribution in [3.8, 4) is 11.5 Å². The molecule has 0 unspecified atom stereocenters. The third-order valence-electron chi connectivity index (χ3n) is 2.17. The minimum Gasteiger partial charge on any atom is -0.383 e. The molecule has 0 spiro atoms. The molecule has 2 rings (SSSR count).